The Kier molecular flexibility index (Phi) is 3.28. The molecule has 0 saturated carbocycles. The van der Waals surface area contributed by atoms with Gasteiger partial charge >= 0.3 is 0 Å². The molecule has 1 heterocycles. The normalized spacial score (nSPS) is 10.5. The molecule has 0 bridgehead atoms. The van der Waals surface area contributed by atoms with Crippen molar-refractivity contribution in [3.8, 4) is 0 Å². The fourth-order valence-electron chi connectivity index (χ4n) is 2.28. The van der Waals surface area contributed by atoms with Crippen molar-refractivity contribution in [1.82, 2.24) is 4.98 Å². The van der Waals surface area contributed by atoms with Crippen LogP contribution in [0.3, 0.4) is 0 Å². The summed E-state index contributed by atoms with van der Waals surface area (Å²) in [6.45, 7) is 1.86. The van der Waals surface area contributed by atoms with Crippen LogP contribution in [-0.4, -0.2) is 10.9 Å². The first-order valence-corrected chi connectivity index (χ1v) is 6.66. The van der Waals surface area contributed by atoms with E-state index in [0.717, 1.165) is 16.5 Å². The average Bonchev–Trinajstić information content (AvgIpc) is 2.47. The van der Waals surface area contributed by atoms with Crippen LogP contribution < -0.4 is 11.1 Å². The number of hydrogen-bond acceptors (Lipinski definition) is 3. The van der Waals surface area contributed by atoms with Crippen LogP contribution in [0.25, 0.3) is 10.9 Å². The monoisotopic (exact) mass is 277 g/mol. The van der Waals surface area contributed by atoms with Gasteiger partial charge in [0.15, 0.2) is 0 Å². The van der Waals surface area contributed by atoms with Gasteiger partial charge in [-0.15, -0.1) is 0 Å². The standard InChI is InChI=1S/C17H15N3O/c1-11-8-13(18)6-7-15(11)17(21)20-14-9-12-4-2-3-5-16(12)19-10-14/h2-10H,18H2,1H3,(H,20,21). The number of nitrogens with one attached hydrogen (secondary N) is 1. The second-order valence-electron chi connectivity index (χ2n) is 4.95. The number of nitrogens with two attached hydrogens (primary N) is 1. The number of pyridine rings is 1. The molecule has 0 aliphatic rings. The number of rotatable bonds is 2. The van der Waals surface area contributed by atoms with Gasteiger partial charge in [0.2, 0.25) is 0 Å². The Labute approximate surface area is 122 Å². The van der Waals surface area contributed by atoms with E-state index >= 15 is 0 Å². The number of nitrogens with zero attached hydrogens (tertiary/aromatic N) is 1. The van der Waals surface area contributed by atoms with Crippen molar-refractivity contribution in [2.45, 2.75) is 6.92 Å². The van der Waals surface area contributed by atoms with Gasteiger partial charge in [-0.2, -0.15) is 0 Å². The Morgan fingerprint density at radius 2 is 1.95 bits per heavy atom. The van der Waals surface area contributed by atoms with Crippen molar-refractivity contribution in [1.29, 1.82) is 0 Å². The van der Waals surface area contributed by atoms with Crippen LogP contribution in [0.15, 0.2) is 54.7 Å². The van der Waals surface area contributed by atoms with Gasteiger partial charge in [0.1, 0.15) is 0 Å². The molecule has 0 unspecified atom stereocenters. The van der Waals surface area contributed by atoms with Gasteiger partial charge in [-0.05, 0) is 42.8 Å². The molecule has 3 N–H and O–H groups in total. The highest BCUT2D eigenvalue weighted by Gasteiger charge is 2.09. The van der Waals surface area contributed by atoms with Crippen LogP contribution in [0.4, 0.5) is 11.4 Å². The number of benzene rings is 2. The van der Waals surface area contributed by atoms with Crippen molar-refractivity contribution in [3.05, 3.63) is 65.9 Å². The highest BCUT2D eigenvalue weighted by molar-refractivity contribution is 6.06. The first-order chi connectivity index (χ1) is 10.1. The fraction of sp³-hybridized carbons (Fsp3) is 0.0588. The molecule has 0 aliphatic carbocycles. The number of hydrogen-bond donors (Lipinski definition) is 2. The molecule has 21 heavy (non-hydrogen) atoms. The van der Waals surface area contributed by atoms with E-state index in [-0.39, 0.29) is 5.91 Å². The lowest BCUT2D eigenvalue weighted by Gasteiger charge is -2.09. The predicted molar refractivity (Wildman–Crippen MR) is 85.3 cm³/mol. The number of nitrogen functional groups attached to an aromatic ring is 1. The van der Waals surface area contributed by atoms with Gasteiger partial charge in [-0.1, -0.05) is 18.2 Å². The fourth-order valence-corrected chi connectivity index (χ4v) is 2.28. The van der Waals surface area contributed by atoms with E-state index in [9.17, 15) is 4.79 Å². The molecule has 104 valence electrons. The summed E-state index contributed by atoms with van der Waals surface area (Å²) in [5.41, 5.74) is 9.39. The second-order valence-corrected chi connectivity index (χ2v) is 4.95. The van der Waals surface area contributed by atoms with Crippen LogP contribution in [0, 0.1) is 6.92 Å². The molecule has 0 atom stereocenters. The number of carbonyl (C=O) groups is 1. The minimum atomic E-state index is -0.162. The lowest BCUT2D eigenvalue weighted by atomic mass is 10.1. The number of carbonyl (C=O) groups excluding carboxylic acids is 1. The Bertz CT molecular complexity index is 827. The van der Waals surface area contributed by atoms with E-state index in [4.69, 9.17) is 5.73 Å². The van der Waals surface area contributed by atoms with Crippen LogP contribution in [0.5, 0.6) is 0 Å². The summed E-state index contributed by atoms with van der Waals surface area (Å²) in [6, 6.07) is 14.9. The molecule has 0 aliphatic heterocycles. The maximum atomic E-state index is 12.3. The van der Waals surface area contributed by atoms with Crippen molar-refractivity contribution in [2.24, 2.45) is 0 Å². The smallest absolute Gasteiger partial charge is 0.255 e. The number of anilines is 2. The SMILES string of the molecule is Cc1cc(N)ccc1C(=O)Nc1cnc2ccccc2c1. The van der Waals surface area contributed by atoms with Gasteiger partial charge < -0.3 is 11.1 Å². The molecule has 3 rings (SSSR count). The third-order valence-electron chi connectivity index (χ3n) is 3.34. The third kappa shape index (κ3) is 2.69. The minimum Gasteiger partial charge on any atom is -0.399 e. The summed E-state index contributed by atoms with van der Waals surface area (Å²) in [5.74, 6) is -0.162. The first-order valence-electron chi connectivity index (χ1n) is 6.66. The first kappa shape index (κ1) is 13.1. The lowest BCUT2D eigenvalue weighted by molar-refractivity contribution is 0.102. The molecule has 0 fully saturated rings. The summed E-state index contributed by atoms with van der Waals surface area (Å²) in [7, 11) is 0. The van der Waals surface area contributed by atoms with Crippen LogP contribution in [-0.2, 0) is 0 Å². The molecular formula is C17H15N3O. The van der Waals surface area contributed by atoms with Crippen LogP contribution in [0.2, 0.25) is 0 Å². The van der Waals surface area contributed by atoms with Gasteiger partial charge in [0.05, 0.1) is 17.4 Å². The van der Waals surface area contributed by atoms with Crippen LogP contribution in [0.1, 0.15) is 15.9 Å². The molecule has 1 amide bonds. The highest BCUT2D eigenvalue weighted by atomic mass is 16.1. The van der Waals surface area contributed by atoms with Gasteiger partial charge in [0.25, 0.3) is 5.91 Å². The summed E-state index contributed by atoms with van der Waals surface area (Å²) >= 11 is 0. The Hall–Kier alpha value is -2.88. The van der Waals surface area contributed by atoms with Gasteiger partial charge in [-0.3, -0.25) is 9.78 Å². The quantitative estimate of drug-likeness (QED) is 0.706. The van der Waals surface area contributed by atoms with Crippen molar-refractivity contribution in [2.75, 3.05) is 11.1 Å². The molecule has 4 heteroatoms. The molecule has 3 aromatic rings. The summed E-state index contributed by atoms with van der Waals surface area (Å²) in [6.07, 6.45) is 1.66. The number of para-hydroxylation sites is 1. The van der Waals surface area contributed by atoms with Gasteiger partial charge in [-0.25, -0.2) is 0 Å². The molecule has 0 saturated heterocycles. The van der Waals surface area contributed by atoms with Gasteiger partial charge in [0, 0.05) is 16.6 Å². The number of amides is 1. The molecular weight excluding hydrogens is 262 g/mol. The Balaban J connectivity index is 1.89. The maximum Gasteiger partial charge on any atom is 0.255 e. The number of aromatic nitrogens is 1. The zero-order valence-corrected chi connectivity index (χ0v) is 11.6. The summed E-state index contributed by atoms with van der Waals surface area (Å²) in [4.78, 5) is 16.6. The van der Waals surface area contributed by atoms with E-state index in [0.29, 0.717) is 16.9 Å². The molecule has 4 nitrogen and oxygen atoms in total. The van der Waals surface area contributed by atoms with Crippen molar-refractivity contribution >= 4 is 28.2 Å². The summed E-state index contributed by atoms with van der Waals surface area (Å²) < 4.78 is 0. The van der Waals surface area contributed by atoms with E-state index in [2.05, 4.69) is 10.3 Å². The largest absolute Gasteiger partial charge is 0.399 e. The van der Waals surface area contributed by atoms with Crippen molar-refractivity contribution < 1.29 is 4.79 Å². The zero-order chi connectivity index (χ0) is 14.8. The zero-order valence-electron chi connectivity index (χ0n) is 11.6. The van der Waals surface area contributed by atoms with Crippen molar-refractivity contribution in [3.63, 3.8) is 0 Å². The second kappa shape index (κ2) is 5.25. The predicted octanol–water partition coefficient (Wildman–Crippen LogP) is 3.38. The number of aryl methyl sites for hydroxylation is 1. The van der Waals surface area contributed by atoms with E-state index < -0.39 is 0 Å². The van der Waals surface area contributed by atoms with Crippen LogP contribution >= 0.6 is 0 Å². The maximum absolute atomic E-state index is 12.3. The Morgan fingerprint density at radius 3 is 2.76 bits per heavy atom. The molecule has 0 spiro atoms. The number of fused-ring (bicyclic) bond motifs is 1. The lowest BCUT2D eigenvalue weighted by Crippen LogP contribution is -2.13. The van der Waals surface area contributed by atoms with E-state index in [1.54, 1.807) is 24.4 Å². The Morgan fingerprint density at radius 1 is 1.14 bits per heavy atom. The molecule has 0 radical (unpaired) electrons. The highest BCUT2D eigenvalue weighted by Crippen LogP contribution is 2.18. The third-order valence-corrected chi connectivity index (χ3v) is 3.34. The molecule has 1 aromatic heterocycles. The minimum absolute atomic E-state index is 0.162. The summed E-state index contributed by atoms with van der Waals surface area (Å²) in [5, 5.41) is 3.86. The average molecular weight is 277 g/mol. The topological polar surface area (TPSA) is 68.0 Å². The molecule has 2 aromatic carbocycles. The van der Waals surface area contributed by atoms with E-state index in [1.807, 2.05) is 37.3 Å². The van der Waals surface area contributed by atoms with E-state index in [1.165, 1.54) is 0 Å².